The third kappa shape index (κ3) is 3.89. The molecule has 1 aromatic rings. The Kier molecular flexibility index (Phi) is 4.53. The zero-order valence-electron chi connectivity index (χ0n) is 10.4. The quantitative estimate of drug-likeness (QED) is 0.584. The third-order valence-corrected chi connectivity index (χ3v) is 4.03. The Morgan fingerprint density at radius 2 is 1.94 bits per heavy atom. The van der Waals surface area contributed by atoms with Gasteiger partial charge in [-0.15, -0.1) is 0 Å². The lowest BCUT2D eigenvalue weighted by atomic mass is 9.88. The van der Waals surface area contributed by atoms with E-state index in [2.05, 4.69) is 43.4 Å². The molecule has 0 aliphatic carbocycles. The summed E-state index contributed by atoms with van der Waals surface area (Å²) in [6, 6.07) is 5.93. The van der Waals surface area contributed by atoms with Gasteiger partial charge >= 0.3 is 0 Å². The number of rotatable bonds is 3. The van der Waals surface area contributed by atoms with Crippen molar-refractivity contribution in [3.63, 3.8) is 0 Å². The first kappa shape index (κ1) is 13.7. The number of aryl methyl sites for hydroxylation is 1. The van der Waals surface area contributed by atoms with Crippen molar-refractivity contribution in [3.05, 3.63) is 32.9 Å². The molecule has 1 aromatic carbocycles. The van der Waals surface area contributed by atoms with E-state index < -0.39 is 0 Å². The molecule has 0 aromatic heterocycles. The highest BCUT2D eigenvalue weighted by molar-refractivity contribution is 14.1. The average molecular weight is 330 g/mol. The summed E-state index contributed by atoms with van der Waals surface area (Å²) in [5.74, 6) is 0.267. The number of ketones is 1. The highest BCUT2D eigenvalue weighted by Crippen LogP contribution is 2.24. The lowest BCUT2D eigenvalue weighted by molar-refractivity contribution is 0.0965. The van der Waals surface area contributed by atoms with Gasteiger partial charge in [-0.3, -0.25) is 4.79 Å². The molecule has 0 bridgehead atoms. The first-order valence-corrected chi connectivity index (χ1v) is 6.67. The van der Waals surface area contributed by atoms with E-state index in [1.807, 2.05) is 25.1 Å². The molecule has 0 spiro atoms. The second kappa shape index (κ2) is 5.30. The second-order valence-electron chi connectivity index (χ2n) is 5.42. The summed E-state index contributed by atoms with van der Waals surface area (Å²) < 4.78 is 1.10. The molecule has 2 heteroatoms. The Labute approximate surface area is 112 Å². The topological polar surface area (TPSA) is 17.1 Å². The van der Waals surface area contributed by atoms with E-state index >= 15 is 0 Å². The molecule has 0 saturated carbocycles. The summed E-state index contributed by atoms with van der Waals surface area (Å²) in [6.45, 7) is 8.55. The summed E-state index contributed by atoms with van der Waals surface area (Å²) in [4.78, 5) is 12.1. The fourth-order valence-electron chi connectivity index (χ4n) is 1.49. The van der Waals surface area contributed by atoms with Crippen molar-refractivity contribution in [2.75, 3.05) is 0 Å². The van der Waals surface area contributed by atoms with Gasteiger partial charge in [-0.25, -0.2) is 0 Å². The lowest BCUT2D eigenvalue weighted by Gasteiger charge is -2.17. The summed E-state index contributed by atoms with van der Waals surface area (Å²) in [5.41, 5.74) is 2.29. The molecule has 0 saturated heterocycles. The molecular formula is C14H19IO. The van der Waals surface area contributed by atoms with E-state index in [4.69, 9.17) is 0 Å². The fourth-order valence-corrected chi connectivity index (χ4v) is 2.15. The van der Waals surface area contributed by atoms with Crippen LogP contribution in [0.25, 0.3) is 0 Å². The zero-order valence-corrected chi connectivity index (χ0v) is 12.6. The predicted molar refractivity (Wildman–Crippen MR) is 76.9 cm³/mol. The van der Waals surface area contributed by atoms with E-state index in [1.54, 1.807) is 0 Å². The largest absolute Gasteiger partial charge is 0.294 e. The van der Waals surface area contributed by atoms with E-state index in [0.717, 1.165) is 15.6 Å². The number of carbonyl (C=O) groups excluding carboxylic acids is 1. The zero-order chi connectivity index (χ0) is 12.3. The maximum absolute atomic E-state index is 12.1. The van der Waals surface area contributed by atoms with E-state index in [-0.39, 0.29) is 11.2 Å². The number of hydrogen-bond donors (Lipinski definition) is 0. The van der Waals surface area contributed by atoms with Gasteiger partial charge in [0.25, 0.3) is 0 Å². The van der Waals surface area contributed by atoms with Crippen LogP contribution in [-0.2, 0) is 0 Å². The molecule has 0 amide bonds. The predicted octanol–water partition coefficient (Wildman–Crippen LogP) is 4.61. The molecule has 0 unspecified atom stereocenters. The number of Topliss-reactive ketones (excluding diaryl/α,β-unsaturated/α-hetero) is 1. The first-order chi connectivity index (χ1) is 7.31. The highest BCUT2D eigenvalue weighted by atomic mass is 127. The van der Waals surface area contributed by atoms with E-state index in [9.17, 15) is 4.79 Å². The van der Waals surface area contributed by atoms with Crippen LogP contribution in [0.2, 0.25) is 0 Å². The summed E-state index contributed by atoms with van der Waals surface area (Å²) in [6.07, 6.45) is 1.58. The van der Waals surface area contributed by atoms with Gasteiger partial charge in [0.05, 0.1) is 0 Å². The Bertz CT molecular complexity index is 388. The van der Waals surface area contributed by atoms with Crippen molar-refractivity contribution in [1.29, 1.82) is 0 Å². The molecule has 1 nitrogen and oxygen atoms in total. The smallest absolute Gasteiger partial charge is 0.163 e. The van der Waals surface area contributed by atoms with E-state index in [0.29, 0.717) is 6.42 Å². The summed E-state index contributed by atoms with van der Waals surface area (Å²) >= 11 is 2.26. The second-order valence-corrected chi connectivity index (χ2v) is 6.50. The first-order valence-electron chi connectivity index (χ1n) is 5.59. The fraction of sp³-hybridized carbons (Fsp3) is 0.500. The monoisotopic (exact) mass is 330 g/mol. The molecule has 0 fully saturated rings. The summed E-state index contributed by atoms with van der Waals surface area (Å²) in [5, 5.41) is 0. The third-order valence-electron chi connectivity index (χ3n) is 2.59. The van der Waals surface area contributed by atoms with Crippen LogP contribution in [0.3, 0.4) is 0 Å². The van der Waals surface area contributed by atoms with Gasteiger partial charge in [-0.1, -0.05) is 39.0 Å². The van der Waals surface area contributed by atoms with Crippen molar-refractivity contribution in [2.24, 2.45) is 5.41 Å². The minimum absolute atomic E-state index is 0.227. The molecule has 0 N–H and O–H groups in total. The Morgan fingerprint density at radius 3 is 2.50 bits per heavy atom. The molecule has 1 rings (SSSR count). The van der Waals surface area contributed by atoms with Crippen LogP contribution in [0.1, 0.15) is 49.5 Å². The van der Waals surface area contributed by atoms with Crippen LogP contribution in [-0.4, -0.2) is 5.78 Å². The van der Waals surface area contributed by atoms with E-state index in [1.165, 1.54) is 5.56 Å². The Balaban J connectivity index is 2.78. The van der Waals surface area contributed by atoms with Gasteiger partial charge in [0, 0.05) is 15.6 Å². The van der Waals surface area contributed by atoms with Crippen molar-refractivity contribution >= 4 is 28.4 Å². The minimum atomic E-state index is 0.227. The highest BCUT2D eigenvalue weighted by Gasteiger charge is 2.16. The Hall–Kier alpha value is -0.380. The van der Waals surface area contributed by atoms with Gasteiger partial charge in [0.15, 0.2) is 5.78 Å². The number of carbonyl (C=O) groups is 1. The molecule has 0 aliphatic rings. The van der Waals surface area contributed by atoms with Crippen LogP contribution in [0.15, 0.2) is 18.2 Å². The van der Waals surface area contributed by atoms with Crippen molar-refractivity contribution < 1.29 is 4.79 Å². The average Bonchev–Trinajstić information content (AvgIpc) is 2.17. The molecule has 0 radical (unpaired) electrons. The van der Waals surface area contributed by atoms with Gasteiger partial charge < -0.3 is 0 Å². The van der Waals surface area contributed by atoms with Crippen LogP contribution < -0.4 is 0 Å². The van der Waals surface area contributed by atoms with Gasteiger partial charge in [0.2, 0.25) is 0 Å². The van der Waals surface area contributed by atoms with Gasteiger partial charge in [-0.05, 0) is 46.9 Å². The summed E-state index contributed by atoms with van der Waals surface area (Å²) in [7, 11) is 0. The van der Waals surface area contributed by atoms with Crippen LogP contribution in [0, 0.1) is 15.9 Å². The number of halogens is 1. The number of benzene rings is 1. The lowest BCUT2D eigenvalue weighted by Crippen LogP contribution is -2.10. The maximum atomic E-state index is 12.1. The van der Waals surface area contributed by atoms with Gasteiger partial charge in [-0.2, -0.15) is 0 Å². The maximum Gasteiger partial charge on any atom is 0.163 e. The molecule has 0 atom stereocenters. The molecule has 88 valence electrons. The molecule has 16 heavy (non-hydrogen) atoms. The van der Waals surface area contributed by atoms with Crippen molar-refractivity contribution in [2.45, 2.75) is 40.5 Å². The van der Waals surface area contributed by atoms with Gasteiger partial charge in [0.1, 0.15) is 0 Å². The number of hydrogen-bond acceptors (Lipinski definition) is 1. The van der Waals surface area contributed by atoms with Crippen LogP contribution in [0.4, 0.5) is 0 Å². The molecule has 0 heterocycles. The Morgan fingerprint density at radius 1 is 1.31 bits per heavy atom. The normalized spacial score (nSPS) is 11.6. The SMILES string of the molecule is Cc1cccc(C(=O)CCC(C)(C)C)c1I. The molecule has 0 aliphatic heterocycles. The van der Waals surface area contributed by atoms with Crippen LogP contribution in [0.5, 0.6) is 0 Å². The van der Waals surface area contributed by atoms with Crippen LogP contribution >= 0.6 is 22.6 Å². The van der Waals surface area contributed by atoms with Crippen molar-refractivity contribution in [1.82, 2.24) is 0 Å². The molecular weight excluding hydrogens is 311 g/mol. The van der Waals surface area contributed by atoms with Crippen molar-refractivity contribution in [3.8, 4) is 0 Å². The standard InChI is InChI=1S/C14H19IO/c1-10-6-5-7-11(13(10)15)12(16)8-9-14(2,3)4/h5-7H,8-9H2,1-4H3. The minimum Gasteiger partial charge on any atom is -0.294 e.